The van der Waals surface area contributed by atoms with Crippen molar-refractivity contribution in [3.63, 3.8) is 0 Å². The first kappa shape index (κ1) is 9.90. The lowest BCUT2D eigenvalue weighted by Gasteiger charge is -2.21. The van der Waals surface area contributed by atoms with Gasteiger partial charge in [0.15, 0.2) is 0 Å². The molecule has 1 heterocycles. The van der Waals surface area contributed by atoms with Gasteiger partial charge in [-0.2, -0.15) is 0 Å². The van der Waals surface area contributed by atoms with E-state index in [1.807, 2.05) is 0 Å². The van der Waals surface area contributed by atoms with Crippen molar-refractivity contribution in [2.24, 2.45) is 0 Å². The topological polar surface area (TPSA) is 27.3 Å². The van der Waals surface area contributed by atoms with Gasteiger partial charge in [-0.15, -0.1) is 0 Å². The molecule has 80 valence electrons. The maximum Gasteiger partial charge on any atom is 0.107 e. The van der Waals surface area contributed by atoms with Gasteiger partial charge in [0, 0.05) is 5.70 Å². The Labute approximate surface area is 90.8 Å². The number of nitrogens with zero attached hydrogens (tertiary/aromatic N) is 1. The predicted octanol–water partition coefficient (Wildman–Crippen LogP) is 2.44. The van der Waals surface area contributed by atoms with Crippen LogP contribution in [0.3, 0.4) is 0 Å². The van der Waals surface area contributed by atoms with E-state index in [-0.39, 0.29) is 0 Å². The van der Waals surface area contributed by atoms with Crippen LogP contribution in [0.15, 0.2) is 35.7 Å². The molecular formula is C12H17N3. The first-order valence-corrected chi connectivity index (χ1v) is 5.19. The Hall–Kier alpha value is -1.64. The molecule has 0 spiro atoms. The van der Waals surface area contributed by atoms with E-state index in [2.05, 4.69) is 60.8 Å². The molecular weight excluding hydrogens is 186 g/mol. The van der Waals surface area contributed by atoms with E-state index in [0.717, 1.165) is 12.4 Å². The van der Waals surface area contributed by atoms with Gasteiger partial charge < -0.3 is 5.32 Å². The summed E-state index contributed by atoms with van der Waals surface area (Å²) < 4.78 is 0. The van der Waals surface area contributed by atoms with Crippen LogP contribution in [0.4, 0.5) is 5.69 Å². The molecule has 1 aromatic carbocycles. The number of aryl methyl sites for hydroxylation is 1. The molecule has 0 aliphatic carbocycles. The van der Waals surface area contributed by atoms with E-state index in [9.17, 15) is 0 Å². The monoisotopic (exact) mass is 203 g/mol. The Morgan fingerprint density at radius 2 is 2.07 bits per heavy atom. The number of allylic oxidation sites excluding steroid dienone is 2. The first-order valence-electron chi connectivity index (χ1n) is 5.19. The number of hydrogen-bond donors (Lipinski definition) is 2. The van der Waals surface area contributed by atoms with E-state index in [0.29, 0.717) is 0 Å². The molecule has 3 nitrogen and oxygen atoms in total. The van der Waals surface area contributed by atoms with Crippen molar-refractivity contribution in [1.29, 1.82) is 0 Å². The summed E-state index contributed by atoms with van der Waals surface area (Å²) in [4.78, 5) is 0. The fourth-order valence-electron chi connectivity index (χ4n) is 1.64. The van der Waals surface area contributed by atoms with Crippen molar-refractivity contribution < 1.29 is 0 Å². The molecule has 2 N–H and O–H groups in total. The molecule has 1 aliphatic rings. The molecule has 0 atom stereocenters. The van der Waals surface area contributed by atoms with Gasteiger partial charge in [-0.3, -0.25) is 10.4 Å². The highest BCUT2D eigenvalue weighted by molar-refractivity contribution is 5.45. The third kappa shape index (κ3) is 2.06. The summed E-state index contributed by atoms with van der Waals surface area (Å²) in [6, 6.07) is 8.38. The highest BCUT2D eigenvalue weighted by Crippen LogP contribution is 2.17. The second-order valence-electron chi connectivity index (χ2n) is 3.95. The van der Waals surface area contributed by atoms with E-state index in [1.165, 1.54) is 17.0 Å². The summed E-state index contributed by atoms with van der Waals surface area (Å²) in [6.45, 7) is 7.12. The van der Waals surface area contributed by atoms with Crippen molar-refractivity contribution in [3.05, 3.63) is 41.2 Å². The standard InChI is InChI=1S/C12H17N3/c1-9-5-4-6-12(7-9)14-15-8-13-10(2)11(15)3/h4-7,13-14H,8H2,1-3H3. The summed E-state index contributed by atoms with van der Waals surface area (Å²) in [5.74, 6) is 0. The lowest BCUT2D eigenvalue weighted by Crippen LogP contribution is -2.29. The Morgan fingerprint density at radius 1 is 1.27 bits per heavy atom. The molecule has 0 saturated carbocycles. The van der Waals surface area contributed by atoms with Crippen LogP contribution in [0.25, 0.3) is 0 Å². The van der Waals surface area contributed by atoms with Crippen LogP contribution in [0, 0.1) is 6.92 Å². The summed E-state index contributed by atoms with van der Waals surface area (Å²) in [5.41, 5.74) is 8.25. The molecule has 0 radical (unpaired) electrons. The molecule has 2 rings (SSSR count). The maximum absolute atomic E-state index is 3.37. The number of nitrogens with one attached hydrogen (secondary N) is 2. The van der Waals surface area contributed by atoms with Gasteiger partial charge in [0.2, 0.25) is 0 Å². The molecule has 0 unspecified atom stereocenters. The van der Waals surface area contributed by atoms with E-state index in [4.69, 9.17) is 0 Å². The maximum atomic E-state index is 3.37. The highest BCUT2D eigenvalue weighted by atomic mass is 15.6. The highest BCUT2D eigenvalue weighted by Gasteiger charge is 2.14. The Kier molecular flexibility index (Phi) is 2.54. The zero-order valence-corrected chi connectivity index (χ0v) is 9.46. The number of benzene rings is 1. The van der Waals surface area contributed by atoms with Crippen LogP contribution < -0.4 is 10.7 Å². The molecule has 1 aliphatic heterocycles. The van der Waals surface area contributed by atoms with Crippen LogP contribution >= 0.6 is 0 Å². The molecule has 0 saturated heterocycles. The minimum absolute atomic E-state index is 0.825. The van der Waals surface area contributed by atoms with Crippen molar-refractivity contribution in [1.82, 2.24) is 10.3 Å². The van der Waals surface area contributed by atoms with Crippen molar-refractivity contribution >= 4 is 5.69 Å². The smallest absolute Gasteiger partial charge is 0.107 e. The summed E-state index contributed by atoms with van der Waals surface area (Å²) in [5, 5.41) is 5.41. The first-order chi connectivity index (χ1) is 7.16. The Morgan fingerprint density at radius 3 is 2.67 bits per heavy atom. The lowest BCUT2D eigenvalue weighted by molar-refractivity contribution is 0.434. The normalized spacial score (nSPS) is 15.5. The second-order valence-corrected chi connectivity index (χ2v) is 3.95. The van der Waals surface area contributed by atoms with Crippen LogP contribution in [0.5, 0.6) is 0 Å². The average Bonchev–Trinajstić information content (AvgIpc) is 2.50. The molecule has 1 aromatic rings. The lowest BCUT2D eigenvalue weighted by atomic mass is 10.2. The van der Waals surface area contributed by atoms with E-state index < -0.39 is 0 Å². The molecule has 15 heavy (non-hydrogen) atoms. The van der Waals surface area contributed by atoms with Gasteiger partial charge >= 0.3 is 0 Å². The molecule has 0 bridgehead atoms. The van der Waals surface area contributed by atoms with E-state index in [1.54, 1.807) is 0 Å². The van der Waals surface area contributed by atoms with E-state index >= 15 is 0 Å². The third-order valence-electron chi connectivity index (χ3n) is 2.73. The van der Waals surface area contributed by atoms with Gasteiger partial charge in [0.25, 0.3) is 0 Å². The minimum Gasteiger partial charge on any atom is -0.368 e. The SMILES string of the molecule is CC1=C(C)N(Nc2cccc(C)c2)CN1. The van der Waals surface area contributed by atoms with Crippen LogP contribution in [-0.4, -0.2) is 11.7 Å². The molecule has 3 heteroatoms. The van der Waals surface area contributed by atoms with Crippen molar-refractivity contribution in [2.45, 2.75) is 20.8 Å². The number of hydrazine groups is 1. The summed E-state index contributed by atoms with van der Waals surface area (Å²) >= 11 is 0. The largest absolute Gasteiger partial charge is 0.368 e. The Bertz CT molecular complexity index is 396. The fraction of sp³-hybridized carbons (Fsp3) is 0.333. The van der Waals surface area contributed by atoms with Crippen molar-refractivity contribution in [3.8, 4) is 0 Å². The van der Waals surface area contributed by atoms with Crippen LogP contribution in [-0.2, 0) is 0 Å². The quantitative estimate of drug-likeness (QED) is 0.773. The predicted molar refractivity (Wildman–Crippen MR) is 63.0 cm³/mol. The number of hydrogen-bond acceptors (Lipinski definition) is 3. The van der Waals surface area contributed by atoms with Gasteiger partial charge in [0.05, 0.1) is 11.4 Å². The summed E-state index contributed by atoms with van der Waals surface area (Å²) in [6.07, 6.45) is 0. The molecule has 0 aromatic heterocycles. The number of rotatable bonds is 2. The third-order valence-corrected chi connectivity index (χ3v) is 2.73. The average molecular weight is 203 g/mol. The zero-order valence-electron chi connectivity index (χ0n) is 9.46. The van der Waals surface area contributed by atoms with Gasteiger partial charge in [0.1, 0.15) is 6.67 Å². The van der Waals surface area contributed by atoms with Gasteiger partial charge in [-0.05, 0) is 38.5 Å². The van der Waals surface area contributed by atoms with Crippen molar-refractivity contribution in [2.75, 3.05) is 12.1 Å². The molecule has 0 fully saturated rings. The van der Waals surface area contributed by atoms with Crippen LogP contribution in [0.1, 0.15) is 19.4 Å². The minimum atomic E-state index is 0.825. The zero-order chi connectivity index (χ0) is 10.8. The van der Waals surface area contributed by atoms with Gasteiger partial charge in [-0.1, -0.05) is 12.1 Å². The Balaban J connectivity index is 2.10. The van der Waals surface area contributed by atoms with Gasteiger partial charge in [-0.25, -0.2) is 0 Å². The fourth-order valence-corrected chi connectivity index (χ4v) is 1.64. The summed E-state index contributed by atoms with van der Waals surface area (Å²) in [7, 11) is 0. The number of anilines is 1. The van der Waals surface area contributed by atoms with Crippen LogP contribution in [0.2, 0.25) is 0 Å². The molecule has 0 amide bonds. The second kappa shape index (κ2) is 3.85.